The van der Waals surface area contributed by atoms with Gasteiger partial charge in [0.25, 0.3) is 11.9 Å². The summed E-state index contributed by atoms with van der Waals surface area (Å²) in [6.45, 7) is 0.435. The Kier molecular flexibility index (Phi) is 10.5. The number of nitrogens with two attached hydrogens (primary N) is 2. The van der Waals surface area contributed by atoms with Gasteiger partial charge in [0.15, 0.2) is 11.6 Å². The second-order valence-electron chi connectivity index (χ2n) is 8.65. The molecule has 39 heavy (non-hydrogen) atoms. The molecular formula is C28H27F4N5O2. The lowest BCUT2D eigenvalue weighted by Crippen LogP contribution is -2.50. The topological polar surface area (TPSA) is 123 Å². The standard InChI is InChI=1S/C28H27F4N5O2/c29-23-20(24(30)26(32)37-25(23)31)14-11-17-9-12-19(13-10-17)35-28(39)22(8-4-5-15-33)36-27(38)21(34)16-18-6-2-1-3-7-18/h1-3,6-7,9-10,12-13,21-22H,4-5,8,15-16,33-34H2,(H,35,39)(H,36,38). The van der Waals surface area contributed by atoms with Crippen molar-refractivity contribution >= 4 is 17.5 Å². The highest BCUT2D eigenvalue weighted by Gasteiger charge is 2.24. The van der Waals surface area contributed by atoms with Crippen molar-refractivity contribution in [3.8, 4) is 11.8 Å². The first-order chi connectivity index (χ1) is 18.7. The van der Waals surface area contributed by atoms with Crippen molar-refractivity contribution in [2.45, 2.75) is 37.8 Å². The maximum Gasteiger partial charge on any atom is 0.253 e. The van der Waals surface area contributed by atoms with E-state index in [0.717, 1.165) is 5.56 Å². The van der Waals surface area contributed by atoms with E-state index in [0.29, 0.717) is 37.9 Å². The van der Waals surface area contributed by atoms with Crippen LogP contribution in [0.3, 0.4) is 0 Å². The molecule has 2 aromatic carbocycles. The first kappa shape index (κ1) is 29.3. The first-order valence-corrected chi connectivity index (χ1v) is 12.1. The average Bonchev–Trinajstić information content (AvgIpc) is 2.92. The van der Waals surface area contributed by atoms with Gasteiger partial charge in [-0.25, -0.2) is 8.78 Å². The summed E-state index contributed by atoms with van der Waals surface area (Å²) in [5.41, 5.74) is 12.0. The molecule has 0 fully saturated rings. The Hall–Kier alpha value is -4.27. The predicted octanol–water partition coefficient (Wildman–Crippen LogP) is 3.16. The number of pyridine rings is 1. The summed E-state index contributed by atoms with van der Waals surface area (Å²) in [4.78, 5) is 28.2. The molecule has 2 amide bonds. The fraction of sp³-hybridized carbons (Fsp3) is 0.250. The van der Waals surface area contributed by atoms with Crippen LogP contribution in [0.4, 0.5) is 23.2 Å². The molecule has 0 radical (unpaired) electrons. The Balaban J connectivity index is 1.67. The summed E-state index contributed by atoms with van der Waals surface area (Å²) < 4.78 is 54.0. The zero-order valence-corrected chi connectivity index (χ0v) is 20.8. The molecule has 0 aliphatic heterocycles. The molecule has 0 aliphatic carbocycles. The van der Waals surface area contributed by atoms with E-state index >= 15 is 0 Å². The Bertz CT molecular complexity index is 1330. The van der Waals surface area contributed by atoms with Crippen LogP contribution in [0.5, 0.6) is 0 Å². The second-order valence-corrected chi connectivity index (χ2v) is 8.65. The monoisotopic (exact) mass is 541 g/mol. The number of rotatable bonds is 10. The third kappa shape index (κ3) is 8.36. The summed E-state index contributed by atoms with van der Waals surface area (Å²) in [7, 11) is 0. The quantitative estimate of drug-likeness (QED) is 0.136. The van der Waals surface area contributed by atoms with Gasteiger partial charge in [-0.1, -0.05) is 42.2 Å². The van der Waals surface area contributed by atoms with E-state index in [1.54, 1.807) is 0 Å². The number of nitrogens with one attached hydrogen (secondary N) is 2. The number of hydrogen-bond donors (Lipinski definition) is 4. The highest BCUT2D eigenvalue weighted by atomic mass is 19.2. The molecule has 2 atom stereocenters. The van der Waals surface area contributed by atoms with Gasteiger partial charge in [-0.3, -0.25) is 9.59 Å². The summed E-state index contributed by atoms with van der Waals surface area (Å²) >= 11 is 0. The number of nitrogens with zero attached hydrogens (tertiary/aromatic N) is 1. The van der Waals surface area contributed by atoms with Gasteiger partial charge in [0.05, 0.1) is 6.04 Å². The molecule has 11 heteroatoms. The van der Waals surface area contributed by atoms with Crippen LogP contribution < -0.4 is 22.1 Å². The molecule has 3 rings (SSSR count). The van der Waals surface area contributed by atoms with Crippen molar-refractivity contribution in [2.24, 2.45) is 11.5 Å². The van der Waals surface area contributed by atoms with Gasteiger partial charge < -0.3 is 22.1 Å². The third-order valence-electron chi connectivity index (χ3n) is 5.70. The van der Waals surface area contributed by atoms with Gasteiger partial charge in [-0.05, 0) is 62.1 Å². The van der Waals surface area contributed by atoms with E-state index < -0.39 is 53.0 Å². The summed E-state index contributed by atoms with van der Waals surface area (Å²) in [6.07, 6.45) is 1.90. The molecule has 2 unspecified atom stereocenters. The Morgan fingerprint density at radius 2 is 1.51 bits per heavy atom. The van der Waals surface area contributed by atoms with Crippen LogP contribution in [0.2, 0.25) is 0 Å². The number of carbonyl (C=O) groups excluding carboxylic acids is 2. The van der Waals surface area contributed by atoms with Crippen LogP contribution in [0.1, 0.15) is 36.0 Å². The summed E-state index contributed by atoms with van der Waals surface area (Å²) in [5.74, 6) is -3.48. The molecular weight excluding hydrogens is 514 g/mol. The summed E-state index contributed by atoms with van der Waals surface area (Å²) in [6, 6.07) is 13.3. The van der Waals surface area contributed by atoms with E-state index in [9.17, 15) is 27.2 Å². The third-order valence-corrected chi connectivity index (χ3v) is 5.70. The normalized spacial score (nSPS) is 12.2. The lowest BCUT2D eigenvalue weighted by atomic mass is 10.0. The van der Waals surface area contributed by atoms with Gasteiger partial charge in [0, 0.05) is 11.3 Å². The lowest BCUT2D eigenvalue weighted by molar-refractivity contribution is -0.127. The predicted molar refractivity (Wildman–Crippen MR) is 138 cm³/mol. The van der Waals surface area contributed by atoms with Crippen molar-refractivity contribution in [3.63, 3.8) is 0 Å². The van der Waals surface area contributed by atoms with Crippen molar-refractivity contribution in [2.75, 3.05) is 11.9 Å². The fourth-order valence-corrected chi connectivity index (χ4v) is 3.60. The molecule has 3 aromatic rings. The highest BCUT2D eigenvalue weighted by Crippen LogP contribution is 2.16. The molecule has 0 saturated heterocycles. The minimum absolute atomic E-state index is 0.254. The van der Waals surface area contributed by atoms with Crippen LogP contribution in [0, 0.1) is 35.4 Å². The van der Waals surface area contributed by atoms with Gasteiger partial charge in [0.2, 0.25) is 11.8 Å². The Labute approximate surface area is 223 Å². The average molecular weight is 542 g/mol. The molecule has 204 valence electrons. The molecule has 0 spiro atoms. The van der Waals surface area contributed by atoms with Crippen LogP contribution >= 0.6 is 0 Å². The Morgan fingerprint density at radius 1 is 0.872 bits per heavy atom. The smallest absolute Gasteiger partial charge is 0.253 e. The van der Waals surface area contributed by atoms with Gasteiger partial charge >= 0.3 is 0 Å². The van der Waals surface area contributed by atoms with Gasteiger partial charge in [-0.2, -0.15) is 13.8 Å². The fourth-order valence-electron chi connectivity index (χ4n) is 3.60. The number of amides is 2. The van der Waals surface area contributed by atoms with E-state index in [4.69, 9.17) is 11.5 Å². The first-order valence-electron chi connectivity index (χ1n) is 12.1. The van der Waals surface area contributed by atoms with E-state index in [-0.39, 0.29) is 5.56 Å². The zero-order chi connectivity index (χ0) is 28.4. The largest absolute Gasteiger partial charge is 0.343 e. The summed E-state index contributed by atoms with van der Waals surface area (Å²) in [5, 5.41) is 5.40. The number of carbonyl (C=O) groups is 2. The van der Waals surface area contributed by atoms with E-state index in [1.165, 1.54) is 24.3 Å². The number of benzene rings is 2. The van der Waals surface area contributed by atoms with Crippen molar-refractivity contribution in [1.82, 2.24) is 10.3 Å². The number of hydrogen-bond acceptors (Lipinski definition) is 5. The van der Waals surface area contributed by atoms with Crippen LogP contribution in [-0.2, 0) is 16.0 Å². The van der Waals surface area contributed by atoms with E-state index in [2.05, 4.69) is 27.5 Å². The maximum atomic E-state index is 13.8. The number of aromatic nitrogens is 1. The zero-order valence-electron chi connectivity index (χ0n) is 20.8. The molecule has 7 nitrogen and oxygen atoms in total. The molecule has 1 heterocycles. The second kappa shape index (κ2) is 14.0. The molecule has 6 N–H and O–H groups in total. The van der Waals surface area contributed by atoms with Crippen molar-refractivity contribution in [1.29, 1.82) is 0 Å². The van der Waals surface area contributed by atoms with Crippen molar-refractivity contribution < 1.29 is 27.2 Å². The van der Waals surface area contributed by atoms with Crippen LogP contribution in [-0.4, -0.2) is 35.4 Å². The van der Waals surface area contributed by atoms with Crippen LogP contribution in [0.15, 0.2) is 54.6 Å². The van der Waals surface area contributed by atoms with E-state index in [1.807, 2.05) is 30.3 Å². The van der Waals surface area contributed by atoms with Gasteiger partial charge in [0.1, 0.15) is 11.6 Å². The maximum absolute atomic E-state index is 13.8. The minimum Gasteiger partial charge on any atom is -0.343 e. The Morgan fingerprint density at radius 3 is 2.13 bits per heavy atom. The van der Waals surface area contributed by atoms with Crippen LogP contribution in [0.25, 0.3) is 0 Å². The minimum atomic E-state index is -1.80. The molecule has 0 bridgehead atoms. The molecule has 0 aliphatic rings. The molecule has 0 saturated carbocycles. The van der Waals surface area contributed by atoms with Gasteiger partial charge in [-0.15, -0.1) is 0 Å². The SMILES string of the molecule is NCCCCC(NC(=O)C(N)Cc1ccccc1)C(=O)Nc1ccc(C#Cc2c(F)c(F)nc(F)c2F)cc1. The number of anilines is 1. The number of unbranched alkanes of at least 4 members (excludes halogenated alkanes) is 1. The van der Waals surface area contributed by atoms with Crippen molar-refractivity contribution in [3.05, 3.63) is 94.8 Å². The number of halogens is 4. The molecule has 1 aromatic heterocycles. The highest BCUT2D eigenvalue weighted by molar-refractivity contribution is 5.97. The lowest BCUT2D eigenvalue weighted by Gasteiger charge is -2.21.